The SMILES string of the molecule is CSc1ccc(CC(=O)Nc2c(C)n(C)n(-c3ccccc3)c2=O)cc1. The van der Waals surface area contributed by atoms with E-state index in [1.807, 2.05) is 67.8 Å². The lowest BCUT2D eigenvalue weighted by Gasteiger charge is -2.07. The van der Waals surface area contributed by atoms with Gasteiger partial charge in [-0.05, 0) is 43.0 Å². The molecular weight excluding hydrogens is 346 g/mol. The highest BCUT2D eigenvalue weighted by atomic mass is 32.2. The molecule has 134 valence electrons. The second kappa shape index (κ2) is 7.66. The van der Waals surface area contributed by atoms with E-state index in [9.17, 15) is 9.59 Å². The third kappa shape index (κ3) is 3.60. The average molecular weight is 367 g/mol. The van der Waals surface area contributed by atoms with Gasteiger partial charge < -0.3 is 5.32 Å². The molecule has 0 aliphatic rings. The molecule has 0 saturated carbocycles. The maximum Gasteiger partial charge on any atom is 0.295 e. The van der Waals surface area contributed by atoms with Crippen LogP contribution in [0.25, 0.3) is 5.69 Å². The third-order valence-corrected chi connectivity index (χ3v) is 5.09. The topological polar surface area (TPSA) is 56.0 Å². The van der Waals surface area contributed by atoms with Crippen LogP contribution in [0.3, 0.4) is 0 Å². The van der Waals surface area contributed by atoms with E-state index in [4.69, 9.17) is 0 Å². The summed E-state index contributed by atoms with van der Waals surface area (Å²) in [5.41, 5.74) is 2.47. The zero-order valence-electron chi connectivity index (χ0n) is 15.0. The van der Waals surface area contributed by atoms with Gasteiger partial charge in [0, 0.05) is 11.9 Å². The normalized spacial score (nSPS) is 10.7. The van der Waals surface area contributed by atoms with E-state index in [0.29, 0.717) is 11.4 Å². The molecule has 1 N–H and O–H groups in total. The number of nitrogens with one attached hydrogen (secondary N) is 1. The van der Waals surface area contributed by atoms with Gasteiger partial charge in [-0.2, -0.15) is 0 Å². The number of carbonyl (C=O) groups is 1. The maximum absolute atomic E-state index is 12.8. The zero-order chi connectivity index (χ0) is 18.7. The van der Waals surface area contributed by atoms with Crippen LogP contribution in [0.1, 0.15) is 11.3 Å². The molecule has 0 spiro atoms. The minimum atomic E-state index is -0.234. The van der Waals surface area contributed by atoms with E-state index in [1.165, 1.54) is 0 Å². The van der Waals surface area contributed by atoms with Crippen LogP contribution in [0.2, 0.25) is 0 Å². The largest absolute Gasteiger partial charge is 0.320 e. The van der Waals surface area contributed by atoms with Gasteiger partial charge >= 0.3 is 0 Å². The van der Waals surface area contributed by atoms with E-state index in [1.54, 1.807) is 28.2 Å². The van der Waals surface area contributed by atoms with Crippen molar-refractivity contribution < 1.29 is 4.79 Å². The summed E-state index contributed by atoms with van der Waals surface area (Å²) >= 11 is 1.66. The number of anilines is 1. The molecule has 26 heavy (non-hydrogen) atoms. The summed E-state index contributed by atoms with van der Waals surface area (Å²) < 4.78 is 3.30. The quantitative estimate of drug-likeness (QED) is 0.703. The number of hydrogen-bond acceptors (Lipinski definition) is 3. The van der Waals surface area contributed by atoms with Crippen molar-refractivity contribution in [3.63, 3.8) is 0 Å². The first-order valence-corrected chi connectivity index (χ1v) is 9.50. The molecular formula is C20H21N3O2S. The van der Waals surface area contributed by atoms with Crippen molar-refractivity contribution in [1.82, 2.24) is 9.36 Å². The lowest BCUT2D eigenvalue weighted by atomic mass is 10.1. The van der Waals surface area contributed by atoms with Gasteiger partial charge in [0.05, 0.1) is 17.8 Å². The van der Waals surface area contributed by atoms with Gasteiger partial charge in [-0.1, -0.05) is 30.3 Å². The first-order chi connectivity index (χ1) is 12.5. The molecule has 0 bridgehead atoms. The summed E-state index contributed by atoms with van der Waals surface area (Å²) in [6, 6.07) is 17.2. The van der Waals surface area contributed by atoms with Crippen LogP contribution in [0.4, 0.5) is 5.69 Å². The summed E-state index contributed by atoms with van der Waals surface area (Å²) in [5.74, 6) is -0.201. The molecule has 0 saturated heterocycles. The highest BCUT2D eigenvalue weighted by molar-refractivity contribution is 7.98. The lowest BCUT2D eigenvalue weighted by molar-refractivity contribution is -0.115. The molecule has 5 nitrogen and oxygen atoms in total. The van der Waals surface area contributed by atoms with Gasteiger partial charge in [-0.15, -0.1) is 11.8 Å². The molecule has 0 unspecified atom stereocenters. The summed E-state index contributed by atoms with van der Waals surface area (Å²) in [6.45, 7) is 1.82. The molecule has 0 fully saturated rings. The summed E-state index contributed by atoms with van der Waals surface area (Å²) in [6.07, 6.45) is 2.24. The highest BCUT2D eigenvalue weighted by Gasteiger charge is 2.18. The predicted molar refractivity (Wildman–Crippen MR) is 106 cm³/mol. The molecule has 1 aromatic heterocycles. The van der Waals surface area contributed by atoms with E-state index >= 15 is 0 Å². The van der Waals surface area contributed by atoms with Crippen molar-refractivity contribution >= 4 is 23.4 Å². The smallest absolute Gasteiger partial charge is 0.295 e. The van der Waals surface area contributed by atoms with Crippen LogP contribution < -0.4 is 10.9 Å². The molecule has 0 aliphatic heterocycles. The molecule has 0 atom stereocenters. The molecule has 6 heteroatoms. The molecule has 1 heterocycles. The Labute approximate surface area is 156 Å². The van der Waals surface area contributed by atoms with Crippen LogP contribution >= 0.6 is 11.8 Å². The van der Waals surface area contributed by atoms with Crippen LogP contribution in [0.15, 0.2) is 64.3 Å². The van der Waals surface area contributed by atoms with Gasteiger partial charge in [0.1, 0.15) is 5.69 Å². The fourth-order valence-electron chi connectivity index (χ4n) is 2.82. The van der Waals surface area contributed by atoms with E-state index < -0.39 is 0 Å². The predicted octanol–water partition coefficient (Wildman–Crippen LogP) is 3.39. The zero-order valence-corrected chi connectivity index (χ0v) is 15.8. The van der Waals surface area contributed by atoms with Crippen LogP contribution in [0.5, 0.6) is 0 Å². The van der Waals surface area contributed by atoms with Gasteiger partial charge in [0.15, 0.2) is 0 Å². The van der Waals surface area contributed by atoms with Crippen molar-refractivity contribution in [1.29, 1.82) is 0 Å². The van der Waals surface area contributed by atoms with Crippen molar-refractivity contribution in [2.45, 2.75) is 18.2 Å². The number of hydrogen-bond donors (Lipinski definition) is 1. The van der Waals surface area contributed by atoms with Crippen molar-refractivity contribution in [3.8, 4) is 5.69 Å². The molecule has 2 aromatic carbocycles. The Morgan fingerprint density at radius 1 is 1.08 bits per heavy atom. The van der Waals surface area contributed by atoms with E-state index in [-0.39, 0.29) is 17.9 Å². The second-order valence-electron chi connectivity index (χ2n) is 6.01. The minimum absolute atomic E-state index is 0.201. The number of thioether (sulfide) groups is 1. The van der Waals surface area contributed by atoms with E-state index in [0.717, 1.165) is 16.1 Å². The van der Waals surface area contributed by atoms with Crippen molar-refractivity contribution in [2.75, 3.05) is 11.6 Å². The van der Waals surface area contributed by atoms with Gasteiger partial charge in [0.2, 0.25) is 5.91 Å². The number of carbonyl (C=O) groups excluding carboxylic acids is 1. The number of aromatic nitrogens is 2. The van der Waals surface area contributed by atoms with Gasteiger partial charge in [-0.3, -0.25) is 14.3 Å². The minimum Gasteiger partial charge on any atom is -0.320 e. The Bertz CT molecular complexity index is 973. The number of nitrogens with zero attached hydrogens (tertiary/aromatic N) is 2. The lowest BCUT2D eigenvalue weighted by Crippen LogP contribution is -2.23. The Kier molecular flexibility index (Phi) is 5.32. The number of benzene rings is 2. The summed E-state index contributed by atoms with van der Waals surface area (Å²) in [7, 11) is 1.81. The number of para-hydroxylation sites is 1. The standard InChI is InChI=1S/C20H21N3O2S/c1-14-19(20(25)23(22(14)2)16-7-5-4-6-8-16)21-18(24)13-15-9-11-17(26-3)12-10-15/h4-12H,13H2,1-3H3,(H,21,24). The molecule has 3 rings (SSSR count). The number of rotatable bonds is 5. The molecule has 0 aliphatic carbocycles. The Balaban J connectivity index is 1.83. The Hall–Kier alpha value is -2.73. The maximum atomic E-state index is 12.8. The van der Waals surface area contributed by atoms with Crippen molar-refractivity contribution in [2.24, 2.45) is 7.05 Å². The fraction of sp³-hybridized carbons (Fsp3) is 0.200. The first-order valence-electron chi connectivity index (χ1n) is 8.28. The molecule has 0 radical (unpaired) electrons. The second-order valence-corrected chi connectivity index (χ2v) is 6.89. The van der Waals surface area contributed by atoms with Gasteiger partial charge in [-0.25, -0.2) is 4.68 Å². The average Bonchev–Trinajstić information content (AvgIpc) is 2.86. The Morgan fingerprint density at radius 3 is 2.35 bits per heavy atom. The third-order valence-electron chi connectivity index (χ3n) is 4.34. The molecule has 1 amide bonds. The summed E-state index contributed by atoms with van der Waals surface area (Å²) in [4.78, 5) is 26.4. The van der Waals surface area contributed by atoms with E-state index in [2.05, 4.69) is 5.32 Å². The van der Waals surface area contributed by atoms with Crippen molar-refractivity contribution in [3.05, 3.63) is 76.2 Å². The number of amides is 1. The monoisotopic (exact) mass is 367 g/mol. The van der Waals surface area contributed by atoms with Gasteiger partial charge in [0.25, 0.3) is 5.56 Å². The summed E-state index contributed by atoms with van der Waals surface area (Å²) in [5, 5.41) is 2.79. The van der Waals surface area contributed by atoms with Crippen LogP contribution in [0, 0.1) is 6.92 Å². The fourth-order valence-corrected chi connectivity index (χ4v) is 3.23. The van der Waals surface area contributed by atoms with Crippen LogP contribution in [-0.2, 0) is 18.3 Å². The molecule has 3 aromatic rings. The highest BCUT2D eigenvalue weighted by Crippen LogP contribution is 2.17. The van der Waals surface area contributed by atoms with Crippen LogP contribution in [-0.4, -0.2) is 21.5 Å². The Morgan fingerprint density at radius 2 is 1.73 bits per heavy atom. The first kappa shape index (κ1) is 18.1.